The van der Waals surface area contributed by atoms with Crippen LogP contribution in [-0.4, -0.2) is 67.8 Å². The summed E-state index contributed by atoms with van der Waals surface area (Å²) < 4.78 is 48.7. The molecule has 0 amide bonds. The zero-order valence-electron chi connectivity index (χ0n) is 15.2. The monoisotopic (exact) mass is 391 g/mol. The van der Waals surface area contributed by atoms with Crippen molar-refractivity contribution >= 4 is 5.97 Å². The molecule has 2 saturated heterocycles. The van der Waals surface area contributed by atoms with Crippen LogP contribution in [0, 0.1) is 0 Å². The molecular formula is C18H24F3NO5. The standard InChI is InChI=1S/C16H23NO3.C2HF3O2/c1-18-14-6-4-3-5-12(14)11-17-9-7-15(19-2)16-13(17)8-10-20-16;3-2(4,5)1(6)7/h3-6,13,15-16H,7-11H2,1-2H3;(H,6,7)/t13-,15-,16-;/m0./s1. The molecule has 27 heavy (non-hydrogen) atoms. The third-order valence-electron chi connectivity index (χ3n) is 4.75. The molecule has 3 rings (SSSR count). The van der Waals surface area contributed by atoms with Gasteiger partial charge in [0.25, 0.3) is 0 Å². The Hall–Kier alpha value is -1.84. The van der Waals surface area contributed by atoms with Crippen molar-refractivity contribution in [1.82, 2.24) is 4.90 Å². The maximum absolute atomic E-state index is 10.6. The highest BCUT2D eigenvalue weighted by Crippen LogP contribution is 2.32. The molecular weight excluding hydrogens is 367 g/mol. The number of fused-ring (bicyclic) bond motifs is 1. The third-order valence-corrected chi connectivity index (χ3v) is 4.75. The molecule has 2 aliphatic rings. The van der Waals surface area contributed by atoms with E-state index in [0.29, 0.717) is 6.04 Å². The molecule has 0 spiro atoms. The predicted molar refractivity (Wildman–Crippen MR) is 90.7 cm³/mol. The van der Waals surface area contributed by atoms with E-state index < -0.39 is 12.1 Å². The zero-order chi connectivity index (χ0) is 20.0. The van der Waals surface area contributed by atoms with E-state index in [-0.39, 0.29) is 12.2 Å². The first kappa shape index (κ1) is 21.5. The van der Waals surface area contributed by atoms with Crippen molar-refractivity contribution in [3.8, 4) is 5.75 Å². The largest absolute Gasteiger partial charge is 0.496 e. The second kappa shape index (κ2) is 9.38. The molecule has 2 aliphatic heterocycles. The van der Waals surface area contributed by atoms with Crippen LogP contribution in [0.15, 0.2) is 24.3 Å². The lowest BCUT2D eigenvalue weighted by Gasteiger charge is -2.40. The minimum absolute atomic E-state index is 0.225. The Morgan fingerprint density at radius 3 is 2.56 bits per heavy atom. The van der Waals surface area contributed by atoms with Crippen LogP contribution < -0.4 is 4.74 Å². The Labute approximate surface area is 155 Å². The minimum atomic E-state index is -5.08. The number of likely N-dealkylation sites (tertiary alicyclic amines) is 1. The number of para-hydroxylation sites is 1. The van der Waals surface area contributed by atoms with E-state index in [0.717, 1.165) is 38.3 Å². The van der Waals surface area contributed by atoms with E-state index in [2.05, 4.69) is 17.0 Å². The number of methoxy groups -OCH3 is 2. The molecule has 2 fully saturated rings. The van der Waals surface area contributed by atoms with Gasteiger partial charge in [0.05, 0.1) is 19.3 Å². The van der Waals surface area contributed by atoms with Gasteiger partial charge in [0.15, 0.2) is 0 Å². The van der Waals surface area contributed by atoms with Crippen LogP contribution in [0.25, 0.3) is 0 Å². The normalized spacial score (nSPS) is 25.3. The molecule has 0 saturated carbocycles. The van der Waals surface area contributed by atoms with Gasteiger partial charge in [-0.25, -0.2) is 4.79 Å². The molecule has 9 heteroatoms. The molecule has 6 nitrogen and oxygen atoms in total. The van der Waals surface area contributed by atoms with Gasteiger partial charge >= 0.3 is 12.1 Å². The van der Waals surface area contributed by atoms with Crippen molar-refractivity contribution in [2.75, 3.05) is 27.4 Å². The number of carbonyl (C=O) groups is 1. The lowest BCUT2D eigenvalue weighted by molar-refractivity contribution is -0.192. The van der Waals surface area contributed by atoms with Gasteiger partial charge in [-0.15, -0.1) is 0 Å². The van der Waals surface area contributed by atoms with E-state index in [1.54, 1.807) is 14.2 Å². The van der Waals surface area contributed by atoms with Gasteiger partial charge in [0, 0.05) is 38.4 Å². The molecule has 0 aliphatic carbocycles. The lowest BCUT2D eigenvalue weighted by atomic mass is 9.95. The van der Waals surface area contributed by atoms with Crippen LogP contribution in [-0.2, 0) is 20.8 Å². The van der Waals surface area contributed by atoms with E-state index in [1.807, 2.05) is 12.1 Å². The number of aliphatic carboxylic acids is 1. The molecule has 0 radical (unpaired) electrons. The maximum Gasteiger partial charge on any atom is 0.490 e. The molecule has 1 N–H and O–H groups in total. The van der Waals surface area contributed by atoms with E-state index in [9.17, 15) is 13.2 Å². The quantitative estimate of drug-likeness (QED) is 0.851. The van der Waals surface area contributed by atoms with Crippen molar-refractivity contribution < 1.29 is 37.3 Å². The van der Waals surface area contributed by atoms with Crippen molar-refractivity contribution in [3.05, 3.63) is 29.8 Å². The number of rotatable bonds is 4. The molecule has 0 aromatic heterocycles. The molecule has 2 heterocycles. The topological polar surface area (TPSA) is 68.2 Å². The lowest BCUT2D eigenvalue weighted by Crippen LogP contribution is -2.52. The number of piperidine rings is 1. The molecule has 1 aromatic carbocycles. The highest BCUT2D eigenvalue weighted by atomic mass is 19.4. The first-order chi connectivity index (χ1) is 12.8. The van der Waals surface area contributed by atoms with Gasteiger partial charge in [-0.05, 0) is 18.9 Å². The molecule has 0 unspecified atom stereocenters. The van der Waals surface area contributed by atoms with Crippen LogP contribution in [0.3, 0.4) is 0 Å². The highest BCUT2D eigenvalue weighted by Gasteiger charge is 2.42. The Morgan fingerprint density at radius 2 is 1.96 bits per heavy atom. The second-order valence-corrected chi connectivity index (χ2v) is 6.34. The summed E-state index contributed by atoms with van der Waals surface area (Å²) in [4.78, 5) is 11.4. The van der Waals surface area contributed by atoms with Gasteiger partial charge in [-0.2, -0.15) is 13.2 Å². The average Bonchev–Trinajstić information content (AvgIpc) is 3.12. The summed E-state index contributed by atoms with van der Waals surface area (Å²) in [7, 11) is 3.52. The number of ether oxygens (including phenoxy) is 3. The van der Waals surface area contributed by atoms with Crippen molar-refractivity contribution in [2.45, 2.75) is 43.8 Å². The van der Waals surface area contributed by atoms with Crippen molar-refractivity contribution in [2.24, 2.45) is 0 Å². The summed E-state index contributed by atoms with van der Waals surface area (Å²) in [5.41, 5.74) is 1.25. The number of alkyl halides is 3. The molecule has 152 valence electrons. The summed E-state index contributed by atoms with van der Waals surface area (Å²) >= 11 is 0. The number of carboxylic acid groups (broad SMARTS) is 1. The van der Waals surface area contributed by atoms with Gasteiger partial charge < -0.3 is 19.3 Å². The van der Waals surface area contributed by atoms with Crippen LogP contribution in [0.5, 0.6) is 5.75 Å². The first-order valence-electron chi connectivity index (χ1n) is 8.58. The van der Waals surface area contributed by atoms with Gasteiger partial charge in [-0.3, -0.25) is 4.90 Å². The fourth-order valence-electron chi connectivity index (χ4n) is 3.47. The third kappa shape index (κ3) is 5.57. The number of benzene rings is 1. The van der Waals surface area contributed by atoms with E-state index in [1.165, 1.54) is 5.56 Å². The van der Waals surface area contributed by atoms with Gasteiger partial charge in [-0.1, -0.05) is 18.2 Å². The Kier molecular flexibility index (Phi) is 7.46. The van der Waals surface area contributed by atoms with Crippen molar-refractivity contribution in [3.63, 3.8) is 0 Å². The van der Waals surface area contributed by atoms with Crippen LogP contribution >= 0.6 is 0 Å². The number of nitrogens with zero attached hydrogens (tertiary/aromatic N) is 1. The molecule has 0 bridgehead atoms. The van der Waals surface area contributed by atoms with Crippen LogP contribution in [0.4, 0.5) is 13.2 Å². The smallest absolute Gasteiger partial charge is 0.490 e. The summed E-state index contributed by atoms with van der Waals surface area (Å²) in [6.07, 6.45) is -2.48. The Morgan fingerprint density at radius 1 is 1.30 bits per heavy atom. The zero-order valence-corrected chi connectivity index (χ0v) is 15.2. The Balaban J connectivity index is 0.000000321. The summed E-state index contributed by atoms with van der Waals surface area (Å²) in [6, 6.07) is 8.73. The first-order valence-corrected chi connectivity index (χ1v) is 8.58. The molecule has 3 atom stereocenters. The SMILES string of the molecule is COc1ccccc1CN1CC[C@H](OC)[C@H]2OCC[C@@H]21.O=C(O)C(F)(F)F. The van der Waals surface area contributed by atoms with E-state index in [4.69, 9.17) is 24.1 Å². The minimum Gasteiger partial charge on any atom is -0.496 e. The van der Waals surface area contributed by atoms with Crippen molar-refractivity contribution in [1.29, 1.82) is 0 Å². The molecule has 1 aromatic rings. The maximum atomic E-state index is 10.6. The number of halogens is 3. The fourth-order valence-corrected chi connectivity index (χ4v) is 3.47. The summed E-state index contributed by atoms with van der Waals surface area (Å²) in [5, 5.41) is 7.12. The van der Waals surface area contributed by atoms with Crippen LogP contribution in [0.1, 0.15) is 18.4 Å². The number of carboxylic acids is 1. The van der Waals surface area contributed by atoms with Gasteiger partial charge in [0.2, 0.25) is 0 Å². The second-order valence-electron chi connectivity index (χ2n) is 6.34. The summed E-state index contributed by atoms with van der Waals surface area (Å²) in [6.45, 7) is 2.82. The highest BCUT2D eigenvalue weighted by molar-refractivity contribution is 5.73. The number of hydrogen-bond acceptors (Lipinski definition) is 5. The number of hydrogen-bond donors (Lipinski definition) is 1. The predicted octanol–water partition coefficient (Wildman–Crippen LogP) is 2.71. The van der Waals surface area contributed by atoms with Crippen LogP contribution in [0.2, 0.25) is 0 Å². The van der Waals surface area contributed by atoms with Gasteiger partial charge in [0.1, 0.15) is 5.75 Å². The summed E-state index contributed by atoms with van der Waals surface area (Å²) in [5.74, 6) is -1.79. The Bertz CT molecular complexity index is 625. The average molecular weight is 391 g/mol. The van der Waals surface area contributed by atoms with E-state index >= 15 is 0 Å². The fraction of sp³-hybridized carbons (Fsp3) is 0.611.